The molecule has 0 spiro atoms. The van der Waals surface area contributed by atoms with Gasteiger partial charge in [0.25, 0.3) is 0 Å². The number of halogens is 3. The molecule has 4 rings (SSSR count). The topological polar surface area (TPSA) is 84.0 Å². The van der Waals surface area contributed by atoms with E-state index in [1.165, 1.54) is 12.1 Å². The van der Waals surface area contributed by atoms with E-state index in [0.717, 1.165) is 28.4 Å². The Bertz CT molecular complexity index is 1410. The van der Waals surface area contributed by atoms with E-state index in [-0.39, 0.29) is 15.9 Å². The summed E-state index contributed by atoms with van der Waals surface area (Å²) in [4.78, 5) is 8.46. The largest absolute Gasteiger partial charge is 0.355 e. The molecule has 0 saturated heterocycles. The fourth-order valence-corrected chi connectivity index (χ4v) is 3.98. The SMILES string of the molecule is CS(=O)(=O)Nc1cc(-c2ccc3nccc(Nc4ccc(F)c(Cl)c4)c3c2)cnc1Cl. The van der Waals surface area contributed by atoms with Gasteiger partial charge in [0.15, 0.2) is 5.15 Å². The maximum absolute atomic E-state index is 13.5. The van der Waals surface area contributed by atoms with Crippen LogP contribution in [0.25, 0.3) is 22.0 Å². The highest BCUT2D eigenvalue weighted by atomic mass is 35.5. The van der Waals surface area contributed by atoms with Crippen molar-refractivity contribution in [3.8, 4) is 11.1 Å². The molecule has 0 amide bonds. The second kappa shape index (κ2) is 8.30. The molecule has 31 heavy (non-hydrogen) atoms. The van der Waals surface area contributed by atoms with Gasteiger partial charge in [-0.05, 0) is 48.0 Å². The second-order valence-electron chi connectivity index (χ2n) is 6.78. The lowest BCUT2D eigenvalue weighted by atomic mass is 10.0. The summed E-state index contributed by atoms with van der Waals surface area (Å²) >= 11 is 11.9. The molecule has 2 aromatic carbocycles. The zero-order valence-corrected chi connectivity index (χ0v) is 18.4. The zero-order chi connectivity index (χ0) is 22.2. The van der Waals surface area contributed by atoms with Gasteiger partial charge in [-0.3, -0.25) is 9.71 Å². The van der Waals surface area contributed by atoms with Crippen LogP contribution in [0.4, 0.5) is 21.5 Å². The third-order valence-electron chi connectivity index (χ3n) is 4.41. The molecule has 0 radical (unpaired) electrons. The Balaban J connectivity index is 1.76. The summed E-state index contributed by atoms with van der Waals surface area (Å²) in [6.07, 6.45) is 4.25. The average Bonchev–Trinajstić information content (AvgIpc) is 2.71. The lowest BCUT2D eigenvalue weighted by Crippen LogP contribution is -2.10. The van der Waals surface area contributed by atoms with Gasteiger partial charge in [-0.1, -0.05) is 29.3 Å². The van der Waals surface area contributed by atoms with Crippen LogP contribution in [0.5, 0.6) is 0 Å². The Kier molecular flexibility index (Phi) is 5.70. The molecule has 0 aliphatic rings. The first-order valence-electron chi connectivity index (χ1n) is 8.94. The van der Waals surface area contributed by atoms with Crippen molar-refractivity contribution in [2.45, 2.75) is 0 Å². The summed E-state index contributed by atoms with van der Waals surface area (Å²) in [5.74, 6) is -0.497. The minimum Gasteiger partial charge on any atom is -0.355 e. The third-order valence-corrected chi connectivity index (χ3v) is 5.59. The number of aromatic nitrogens is 2. The molecule has 10 heteroatoms. The lowest BCUT2D eigenvalue weighted by molar-refractivity contribution is 0.606. The van der Waals surface area contributed by atoms with E-state index in [0.29, 0.717) is 11.3 Å². The van der Waals surface area contributed by atoms with E-state index >= 15 is 0 Å². The van der Waals surface area contributed by atoms with Crippen LogP contribution in [0, 0.1) is 5.82 Å². The Labute approximate surface area is 188 Å². The summed E-state index contributed by atoms with van der Waals surface area (Å²) in [5.41, 5.74) is 3.73. The van der Waals surface area contributed by atoms with Crippen LogP contribution >= 0.6 is 23.2 Å². The highest BCUT2D eigenvalue weighted by molar-refractivity contribution is 7.92. The number of nitrogens with zero attached hydrogens (tertiary/aromatic N) is 2. The maximum Gasteiger partial charge on any atom is 0.229 e. The van der Waals surface area contributed by atoms with Gasteiger partial charge in [0.2, 0.25) is 10.0 Å². The molecular formula is C21H15Cl2FN4O2S. The van der Waals surface area contributed by atoms with E-state index in [1.54, 1.807) is 30.6 Å². The van der Waals surface area contributed by atoms with E-state index in [4.69, 9.17) is 23.2 Å². The number of anilines is 3. The normalized spacial score (nSPS) is 11.5. The predicted octanol–water partition coefficient (Wildman–Crippen LogP) is 5.86. The first kappa shape index (κ1) is 21.3. The van der Waals surface area contributed by atoms with Gasteiger partial charge in [0, 0.05) is 34.7 Å². The average molecular weight is 477 g/mol. The quantitative estimate of drug-likeness (QED) is 0.352. The molecule has 4 aromatic rings. The lowest BCUT2D eigenvalue weighted by Gasteiger charge is -2.12. The Hall–Kier alpha value is -2.94. The van der Waals surface area contributed by atoms with Crippen molar-refractivity contribution >= 4 is 61.2 Å². The van der Waals surface area contributed by atoms with Crippen LogP contribution in [0.15, 0.2) is 60.9 Å². The number of sulfonamides is 1. The summed E-state index contributed by atoms with van der Waals surface area (Å²) in [5, 5.41) is 4.09. The first-order valence-corrected chi connectivity index (χ1v) is 11.6. The maximum atomic E-state index is 13.5. The fourth-order valence-electron chi connectivity index (χ4n) is 3.04. The van der Waals surface area contributed by atoms with E-state index in [2.05, 4.69) is 20.0 Å². The van der Waals surface area contributed by atoms with Crippen LogP contribution in [-0.4, -0.2) is 24.6 Å². The second-order valence-corrected chi connectivity index (χ2v) is 9.29. The summed E-state index contributed by atoms with van der Waals surface area (Å²) in [6.45, 7) is 0. The van der Waals surface area contributed by atoms with Gasteiger partial charge in [-0.2, -0.15) is 0 Å². The molecule has 158 valence electrons. The number of fused-ring (bicyclic) bond motifs is 1. The third kappa shape index (κ3) is 4.87. The van der Waals surface area contributed by atoms with Gasteiger partial charge in [-0.25, -0.2) is 17.8 Å². The predicted molar refractivity (Wildman–Crippen MR) is 123 cm³/mol. The summed E-state index contributed by atoms with van der Waals surface area (Å²) in [7, 11) is -3.51. The standard InChI is InChI=1S/C21H15Cl2FN4O2S/c1-31(29,30)28-20-9-13(11-26-21(20)23)12-2-5-18-15(8-12)19(6-7-25-18)27-14-3-4-17(24)16(22)10-14/h2-11,28H,1H3,(H,25,27). The number of nitrogens with one attached hydrogen (secondary N) is 2. The first-order chi connectivity index (χ1) is 14.7. The summed E-state index contributed by atoms with van der Waals surface area (Å²) < 4.78 is 39.0. The Morgan fingerprint density at radius 1 is 0.935 bits per heavy atom. The number of rotatable bonds is 5. The highest BCUT2D eigenvalue weighted by Gasteiger charge is 2.11. The molecule has 0 atom stereocenters. The minimum absolute atomic E-state index is 0.0159. The molecule has 0 bridgehead atoms. The van der Waals surface area contributed by atoms with Crippen LogP contribution < -0.4 is 10.0 Å². The van der Waals surface area contributed by atoms with Gasteiger partial charge in [0.1, 0.15) is 5.82 Å². The molecule has 0 saturated carbocycles. The van der Waals surface area contributed by atoms with Crippen molar-refractivity contribution in [1.29, 1.82) is 0 Å². The smallest absolute Gasteiger partial charge is 0.229 e. The monoisotopic (exact) mass is 476 g/mol. The minimum atomic E-state index is -3.51. The van der Waals surface area contributed by atoms with Crippen molar-refractivity contribution in [2.24, 2.45) is 0 Å². The van der Waals surface area contributed by atoms with Gasteiger partial charge < -0.3 is 5.32 Å². The Morgan fingerprint density at radius 3 is 2.48 bits per heavy atom. The molecule has 2 N–H and O–H groups in total. The number of hydrogen-bond donors (Lipinski definition) is 2. The Morgan fingerprint density at radius 2 is 1.74 bits per heavy atom. The molecule has 0 aliphatic heterocycles. The highest BCUT2D eigenvalue weighted by Crippen LogP contribution is 2.32. The molecule has 0 aliphatic carbocycles. The fraction of sp³-hybridized carbons (Fsp3) is 0.0476. The molecule has 0 unspecified atom stereocenters. The van der Waals surface area contributed by atoms with E-state index < -0.39 is 15.8 Å². The van der Waals surface area contributed by atoms with Crippen LogP contribution in [-0.2, 0) is 10.0 Å². The van der Waals surface area contributed by atoms with Crippen LogP contribution in [0.3, 0.4) is 0 Å². The molecule has 0 fully saturated rings. The van der Waals surface area contributed by atoms with Crippen molar-refractivity contribution in [2.75, 3.05) is 16.3 Å². The van der Waals surface area contributed by atoms with Crippen molar-refractivity contribution in [3.63, 3.8) is 0 Å². The van der Waals surface area contributed by atoms with E-state index in [9.17, 15) is 12.8 Å². The molecular weight excluding hydrogens is 462 g/mol. The van der Waals surface area contributed by atoms with Gasteiger partial charge in [0.05, 0.1) is 22.5 Å². The molecule has 2 aromatic heterocycles. The van der Waals surface area contributed by atoms with E-state index in [1.807, 2.05) is 18.2 Å². The van der Waals surface area contributed by atoms with Gasteiger partial charge in [-0.15, -0.1) is 0 Å². The van der Waals surface area contributed by atoms with Crippen molar-refractivity contribution in [1.82, 2.24) is 9.97 Å². The van der Waals surface area contributed by atoms with Crippen molar-refractivity contribution in [3.05, 3.63) is 76.9 Å². The van der Waals surface area contributed by atoms with Crippen molar-refractivity contribution < 1.29 is 12.8 Å². The van der Waals surface area contributed by atoms with Gasteiger partial charge >= 0.3 is 0 Å². The summed E-state index contributed by atoms with van der Waals surface area (Å²) in [6, 6.07) is 13.4. The number of benzene rings is 2. The molecule has 2 heterocycles. The number of pyridine rings is 2. The van der Waals surface area contributed by atoms with Crippen LogP contribution in [0.1, 0.15) is 0 Å². The van der Waals surface area contributed by atoms with Crippen LogP contribution in [0.2, 0.25) is 10.2 Å². The number of hydrogen-bond acceptors (Lipinski definition) is 5. The zero-order valence-electron chi connectivity index (χ0n) is 16.0. The molecule has 6 nitrogen and oxygen atoms in total.